The Bertz CT molecular complexity index is 294. The van der Waals surface area contributed by atoms with Crippen LogP contribution in [0.5, 0.6) is 0 Å². The Morgan fingerprint density at radius 2 is 2.07 bits per heavy atom. The Balaban J connectivity index is 2.54. The zero-order valence-electron chi connectivity index (χ0n) is 10.2. The molecule has 0 radical (unpaired) electrons. The minimum absolute atomic E-state index is 0.549. The van der Waals surface area contributed by atoms with Gasteiger partial charge in [-0.05, 0) is 26.0 Å². The molecule has 0 aromatic carbocycles. The van der Waals surface area contributed by atoms with Gasteiger partial charge in [0.25, 0.3) is 0 Å². The monoisotopic (exact) mass is 210 g/mol. The molecule has 1 aromatic heterocycles. The summed E-state index contributed by atoms with van der Waals surface area (Å²) in [5, 5.41) is 0. The van der Waals surface area contributed by atoms with Gasteiger partial charge in [0.1, 0.15) is 5.76 Å². The van der Waals surface area contributed by atoms with Crippen LogP contribution in [0.15, 0.2) is 16.7 Å². The molecule has 0 aliphatic rings. The summed E-state index contributed by atoms with van der Waals surface area (Å²) >= 11 is 0. The first-order valence-electron chi connectivity index (χ1n) is 5.51. The third kappa shape index (κ3) is 3.36. The van der Waals surface area contributed by atoms with Crippen molar-refractivity contribution in [2.24, 2.45) is 11.7 Å². The molecule has 1 atom stereocenters. The van der Waals surface area contributed by atoms with Crippen LogP contribution in [-0.4, -0.2) is 18.0 Å². The van der Waals surface area contributed by atoms with Gasteiger partial charge in [0, 0.05) is 18.2 Å². The van der Waals surface area contributed by atoms with E-state index in [9.17, 15) is 0 Å². The molecule has 3 heteroatoms. The molecule has 0 spiro atoms. The summed E-state index contributed by atoms with van der Waals surface area (Å²) in [5.74, 6) is 1.64. The quantitative estimate of drug-likeness (QED) is 0.810. The number of nitrogens with two attached hydrogens (primary N) is 1. The van der Waals surface area contributed by atoms with E-state index in [-0.39, 0.29) is 0 Å². The van der Waals surface area contributed by atoms with Crippen molar-refractivity contribution in [3.8, 4) is 0 Å². The summed E-state index contributed by atoms with van der Waals surface area (Å²) < 4.78 is 5.43. The Morgan fingerprint density at radius 1 is 1.40 bits per heavy atom. The normalized spacial score (nSPS) is 13.8. The topological polar surface area (TPSA) is 42.4 Å². The fourth-order valence-corrected chi connectivity index (χ4v) is 1.51. The Morgan fingerprint density at radius 3 is 2.53 bits per heavy atom. The standard InChI is InChI=1S/C12H22N2O/c1-9(2)10(3)14(4)7-12-5-11(6-13)8-15-12/h5,8-10H,6-7,13H2,1-4H3. The Labute approximate surface area is 92.2 Å². The molecular weight excluding hydrogens is 188 g/mol. The van der Waals surface area contributed by atoms with E-state index in [1.165, 1.54) is 0 Å². The summed E-state index contributed by atoms with van der Waals surface area (Å²) in [7, 11) is 2.12. The summed E-state index contributed by atoms with van der Waals surface area (Å²) in [5.41, 5.74) is 6.59. The molecule has 0 amide bonds. The predicted octanol–water partition coefficient (Wildman–Crippen LogP) is 2.21. The van der Waals surface area contributed by atoms with E-state index >= 15 is 0 Å². The second-order valence-electron chi connectivity index (χ2n) is 4.53. The number of hydrogen-bond donors (Lipinski definition) is 1. The highest BCUT2D eigenvalue weighted by molar-refractivity contribution is 5.12. The van der Waals surface area contributed by atoms with Crippen molar-refractivity contribution in [1.29, 1.82) is 0 Å². The number of hydrogen-bond acceptors (Lipinski definition) is 3. The first-order valence-corrected chi connectivity index (χ1v) is 5.51. The third-order valence-electron chi connectivity index (χ3n) is 3.01. The lowest BCUT2D eigenvalue weighted by atomic mass is 10.1. The molecule has 0 aliphatic carbocycles. The zero-order valence-corrected chi connectivity index (χ0v) is 10.2. The third-order valence-corrected chi connectivity index (χ3v) is 3.01. The highest BCUT2D eigenvalue weighted by Gasteiger charge is 2.14. The number of furan rings is 1. The van der Waals surface area contributed by atoms with Crippen LogP contribution in [0.2, 0.25) is 0 Å². The summed E-state index contributed by atoms with van der Waals surface area (Å²) in [6.07, 6.45) is 1.74. The maximum absolute atomic E-state index is 5.53. The van der Waals surface area contributed by atoms with Crippen molar-refractivity contribution in [3.63, 3.8) is 0 Å². The number of nitrogens with zero attached hydrogens (tertiary/aromatic N) is 1. The average Bonchev–Trinajstić information content (AvgIpc) is 2.64. The largest absolute Gasteiger partial charge is 0.468 e. The van der Waals surface area contributed by atoms with Crippen LogP contribution in [0.3, 0.4) is 0 Å². The molecule has 0 saturated heterocycles. The molecule has 3 nitrogen and oxygen atoms in total. The van der Waals surface area contributed by atoms with Gasteiger partial charge in [-0.25, -0.2) is 0 Å². The van der Waals surface area contributed by atoms with Crippen molar-refractivity contribution < 1.29 is 4.42 Å². The minimum atomic E-state index is 0.549. The van der Waals surface area contributed by atoms with Crippen LogP contribution in [-0.2, 0) is 13.1 Å². The molecule has 0 bridgehead atoms. The Kier molecular flexibility index (Phi) is 4.36. The van der Waals surface area contributed by atoms with E-state index < -0.39 is 0 Å². The van der Waals surface area contributed by atoms with Gasteiger partial charge in [-0.2, -0.15) is 0 Å². The van der Waals surface area contributed by atoms with Crippen LogP contribution in [0.1, 0.15) is 32.1 Å². The van der Waals surface area contributed by atoms with Crippen LogP contribution in [0, 0.1) is 5.92 Å². The summed E-state index contributed by atoms with van der Waals surface area (Å²) in [4.78, 5) is 2.30. The molecule has 0 fully saturated rings. The van der Waals surface area contributed by atoms with E-state index in [0.29, 0.717) is 18.5 Å². The van der Waals surface area contributed by atoms with Gasteiger partial charge in [-0.1, -0.05) is 13.8 Å². The van der Waals surface area contributed by atoms with E-state index in [1.54, 1.807) is 6.26 Å². The molecule has 2 N–H and O–H groups in total. The van der Waals surface area contributed by atoms with Crippen LogP contribution in [0.25, 0.3) is 0 Å². The number of rotatable bonds is 5. The maximum Gasteiger partial charge on any atom is 0.118 e. The first kappa shape index (κ1) is 12.3. The minimum Gasteiger partial charge on any atom is -0.468 e. The molecule has 1 rings (SSSR count). The van der Waals surface area contributed by atoms with Gasteiger partial charge in [0.2, 0.25) is 0 Å². The zero-order chi connectivity index (χ0) is 11.4. The highest BCUT2D eigenvalue weighted by Crippen LogP contribution is 2.14. The molecular formula is C12H22N2O. The van der Waals surface area contributed by atoms with Gasteiger partial charge >= 0.3 is 0 Å². The lowest BCUT2D eigenvalue weighted by Crippen LogP contribution is -2.32. The fourth-order valence-electron chi connectivity index (χ4n) is 1.51. The van der Waals surface area contributed by atoms with Gasteiger partial charge in [-0.3, -0.25) is 4.90 Å². The first-order chi connectivity index (χ1) is 7.04. The van der Waals surface area contributed by atoms with Gasteiger partial charge < -0.3 is 10.2 Å². The second-order valence-corrected chi connectivity index (χ2v) is 4.53. The molecule has 86 valence electrons. The summed E-state index contributed by atoms with van der Waals surface area (Å²) in [6, 6.07) is 2.58. The van der Waals surface area contributed by atoms with Gasteiger partial charge in [0.05, 0.1) is 12.8 Å². The van der Waals surface area contributed by atoms with Crippen LogP contribution < -0.4 is 5.73 Å². The molecule has 0 saturated carbocycles. The summed E-state index contributed by atoms with van der Waals surface area (Å²) in [6.45, 7) is 8.09. The second kappa shape index (κ2) is 5.33. The highest BCUT2D eigenvalue weighted by atomic mass is 16.3. The lowest BCUT2D eigenvalue weighted by Gasteiger charge is -2.26. The predicted molar refractivity (Wildman–Crippen MR) is 62.4 cm³/mol. The van der Waals surface area contributed by atoms with Crippen LogP contribution in [0.4, 0.5) is 0 Å². The van der Waals surface area contributed by atoms with E-state index in [0.717, 1.165) is 17.9 Å². The molecule has 1 unspecified atom stereocenters. The smallest absolute Gasteiger partial charge is 0.118 e. The fraction of sp³-hybridized carbons (Fsp3) is 0.667. The van der Waals surface area contributed by atoms with E-state index in [2.05, 4.69) is 32.7 Å². The van der Waals surface area contributed by atoms with Crippen molar-refractivity contribution >= 4 is 0 Å². The lowest BCUT2D eigenvalue weighted by molar-refractivity contribution is 0.187. The Hall–Kier alpha value is -0.800. The average molecular weight is 210 g/mol. The van der Waals surface area contributed by atoms with Gasteiger partial charge in [0.15, 0.2) is 0 Å². The van der Waals surface area contributed by atoms with Crippen molar-refractivity contribution in [1.82, 2.24) is 4.90 Å². The van der Waals surface area contributed by atoms with Crippen LogP contribution >= 0.6 is 0 Å². The maximum atomic E-state index is 5.53. The van der Waals surface area contributed by atoms with Crippen molar-refractivity contribution in [3.05, 3.63) is 23.7 Å². The van der Waals surface area contributed by atoms with Crippen molar-refractivity contribution in [2.45, 2.75) is 39.9 Å². The molecule has 1 aromatic rings. The molecule has 15 heavy (non-hydrogen) atoms. The molecule has 1 heterocycles. The SMILES string of the molecule is CC(C)C(C)N(C)Cc1cc(CN)co1. The van der Waals surface area contributed by atoms with E-state index in [4.69, 9.17) is 10.2 Å². The molecule has 0 aliphatic heterocycles. The van der Waals surface area contributed by atoms with Crippen molar-refractivity contribution in [2.75, 3.05) is 7.05 Å². The van der Waals surface area contributed by atoms with E-state index in [1.807, 2.05) is 6.07 Å². The van der Waals surface area contributed by atoms with Gasteiger partial charge in [-0.15, -0.1) is 0 Å².